The fraction of sp³-hybridized carbons (Fsp3) is 0.240. The number of aromatic nitrogens is 1. The molecule has 0 radical (unpaired) electrons. The molecule has 4 rings (SSSR count). The van der Waals surface area contributed by atoms with Crippen LogP contribution in [0.4, 0.5) is 4.39 Å². The summed E-state index contributed by atoms with van der Waals surface area (Å²) in [6.07, 6.45) is 1.71. The SMILES string of the molecule is O=C(Cn1cccc1C(=O)N1CCN(C(=O)c2ccc(F)cc2)CC1)NCc1ccccc1. The summed E-state index contributed by atoms with van der Waals surface area (Å²) >= 11 is 0. The molecule has 0 spiro atoms. The molecule has 0 bridgehead atoms. The molecule has 1 aromatic heterocycles. The minimum Gasteiger partial charge on any atom is -0.350 e. The molecule has 2 heterocycles. The van der Waals surface area contributed by atoms with Crippen LogP contribution in [0.1, 0.15) is 26.4 Å². The van der Waals surface area contributed by atoms with Gasteiger partial charge in [0.1, 0.15) is 18.1 Å². The van der Waals surface area contributed by atoms with E-state index in [4.69, 9.17) is 0 Å². The number of halogens is 1. The molecule has 33 heavy (non-hydrogen) atoms. The molecule has 170 valence electrons. The maximum absolute atomic E-state index is 13.1. The Morgan fingerprint density at radius 2 is 1.42 bits per heavy atom. The van der Waals surface area contributed by atoms with Gasteiger partial charge >= 0.3 is 0 Å². The van der Waals surface area contributed by atoms with Crippen LogP contribution in [0.15, 0.2) is 72.9 Å². The second-order valence-corrected chi connectivity index (χ2v) is 7.87. The summed E-state index contributed by atoms with van der Waals surface area (Å²) in [5.74, 6) is -0.928. The molecule has 1 aliphatic rings. The van der Waals surface area contributed by atoms with Gasteiger partial charge in [0.05, 0.1) is 0 Å². The normalized spacial score (nSPS) is 13.6. The van der Waals surface area contributed by atoms with Crippen molar-refractivity contribution in [2.75, 3.05) is 26.2 Å². The highest BCUT2D eigenvalue weighted by atomic mass is 19.1. The predicted octanol–water partition coefficient (Wildman–Crippen LogP) is 2.54. The fourth-order valence-corrected chi connectivity index (χ4v) is 3.80. The number of nitrogens with one attached hydrogen (secondary N) is 1. The summed E-state index contributed by atoms with van der Waals surface area (Å²) in [6, 6.07) is 18.5. The summed E-state index contributed by atoms with van der Waals surface area (Å²) in [7, 11) is 0. The van der Waals surface area contributed by atoms with E-state index in [-0.39, 0.29) is 24.3 Å². The molecular weight excluding hydrogens is 423 g/mol. The van der Waals surface area contributed by atoms with Gasteiger partial charge in [0, 0.05) is 44.5 Å². The quantitative estimate of drug-likeness (QED) is 0.630. The van der Waals surface area contributed by atoms with E-state index >= 15 is 0 Å². The van der Waals surface area contributed by atoms with Gasteiger partial charge in [-0.1, -0.05) is 30.3 Å². The van der Waals surface area contributed by atoms with Crippen molar-refractivity contribution in [3.8, 4) is 0 Å². The average Bonchev–Trinajstić information content (AvgIpc) is 3.31. The van der Waals surface area contributed by atoms with E-state index in [1.54, 1.807) is 32.7 Å². The van der Waals surface area contributed by atoms with Crippen LogP contribution in [0, 0.1) is 5.82 Å². The first-order valence-electron chi connectivity index (χ1n) is 10.8. The lowest BCUT2D eigenvalue weighted by Crippen LogP contribution is -2.51. The van der Waals surface area contributed by atoms with Gasteiger partial charge in [-0.25, -0.2) is 4.39 Å². The maximum atomic E-state index is 13.1. The Morgan fingerprint density at radius 1 is 0.788 bits per heavy atom. The van der Waals surface area contributed by atoms with Crippen molar-refractivity contribution in [3.05, 3.63) is 95.6 Å². The lowest BCUT2D eigenvalue weighted by atomic mass is 10.1. The van der Waals surface area contributed by atoms with Gasteiger partial charge in [-0.3, -0.25) is 14.4 Å². The van der Waals surface area contributed by atoms with E-state index in [2.05, 4.69) is 5.32 Å². The largest absolute Gasteiger partial charge is 0.350 e. The van der Waals surface area contributed by atoms with Gasteiger partial charge < -0.3 is 19.7 Å². The monoisotopic (exact) mass is 448 g/mol. The van der Waals surface area contributed by atoms with Crippen molar-refractivity contribution >= 4 is 17.7 Å². The van der Waals surface area contributed by atoms with Gasteiger partial charge in [-0.15, -0.1) is 0 Å². The van der Waals surface area contributed by atoms with Crippen LogP contribution in [0.5, 0.6) is 0 Å². The van der Waals surface area contributed by atoms with Crippen LogP contribution < -0.4 is 5.32 Å². The number of nitrogens with zero attached hydrogens (tertiary/aromatic N) is 3. The van der Waals surface area contributed by atoms with Crippen LogP contribution in [0.25, 0.3) is 0 Å². The lowest BCUT2D eigenvalue weighted by Gasteiger charge is -2.35. The summed E-state index contributed by atoms with van der Waals surface area (Å²) in [5, 5.41) is 2.87. The van der Waals surface area contributed by atoms with Crippen LogP contribution >= 0.6 is 0 Å². The number of piperazine rings is 1. The molecule has 0 saturated carbocycles. The second-order valence-electron chi connectivity index (χ2n) is 7.87. The number of carbonyl (C=O) groups is 3. The highest BCUT2D eigenvalue weighted by Crippen LogP contribution is 2.13. The topological polar surface area (TPSA) is 74.7 Å². The number of rotatable bonds is 6. The number of hydrogen-bond donors (Lipinski definition) is 1. The molecular formula is C25H25FN4O3. The number of benzene rings is 2. The van der Waals surface area contributed by atoms with Crippen molar-refractivity contribution in [2.24, 2.45) is 0 Å². The van der Waals surface area contributed by atoms with Crippen molar-refractivity contribution in [2.45, 2.75) is 13.1 Å². The first-order valence-corrected chi connectivity index (χ1v) is 10.8. The van der Waals surface area contributed by atoms with Gasteiger partial charge in [-0.05, 0) is 42.0 Å². The van der Waals surface area contributed by atoms with Crippen molar-refractivity contribution in [3.63, 3.8) is 0 Å². The Bertz CT molecular complexity index is 1120. The van der Waals surface area contributed by atoms with Gasteiger partial charge in [-0.2, -0.15) is 0 Å². The number of hydrogen-bond acceptors (Lipinski definition) is 3. The molecule has 0 aliphatic carbocycles. The second kappa shape index (κ2) is 10.1. The Morgan fingerprint density at radius 3 is 2.09 bits per heavy atom. The summed E-state index contributed by atoms with van der Waals surface area (Å²) in [6.45, 7) is 2.02. The van der Waals surface area contributed by atoms with E-state index in [0.29, 0.717) is 44.0 Å². The van der Waals surface area contributed by atoms with Gasteiger partial charge in [0.25, 0.3) is 11.8 Å². The summed E-state index contributed by atoms with van der Waals surface area (Å²) in [5.41, 5.74) is 1.86. The summed E-state index contributed by atoms with van der Waals surface area (Å²) < 4.78 is 14.7. The van der Waals surface area contributed by atoms with E-state index in [9.17, 15) is 18.8 Å². The van der Waals surface area contributed by atoms with Crippen LogP contribution in [0.2, 0.25) is 0 Å². The van der Waals surface area contributed by atoms with Gasteiger partial charge in [0.15, 0.2) is 0 Å². The minimum atomic E-state index is -0.390. The smallest absolute Gasteiger partial charge is 0.270 e. The van der Waals surface area contributed by atoms with E-state index < -0.39 is 5.82 Å². The van der Waals surface area contributed by atoms with E-state index in [1.165, 1.54) is 24.3 Å². The minimum absolute atomic E-state index is 0.0456. The standard InChI is InChI=1S/C25H25FN4O3/c26-21-10-8-20(9-11-21)24(32)28-13-15-29(16-14-28)25(33)22-7-4-12-30(22)18-23(31)27-17-19-5-2-1-3-6-19/h1-12H,13-18H2,(H,27,31). The average molecular weight is 448 g/mol. The molecule has 1 aliphatic heterocycles. The zero-order valence-electron chi connectivity index (χ0n) is 18.1. The highest BCUT2D eigenvalue weighted by Gasteiger charge is 2.27. The van der Waals surface area contributed by atoms with Crippen molar-refractivity contribution in [1.29, 1.82) is 0 Å². The third-order valence-corrected chi connectivity index (χ3v) is 5.64. The molecule has 2 aromatic carbocycles. The zero-order valence-corrected chi connectivity index (χ0v) is 18.1. The van der Waals surface area contributed by atoms with Crippen LogP contribution in [0.3, 0.4) is 0 Å². The predicted molar refractivity (Wildman–Crippen MR) is 121 cm³/mol. The Balaban J connectivity index is 1.31. The van der Waals surface area contributed by atoms with Crippen LogP contribution in [-0.2, 0) is 17.9 Å². The van der Waals surface area contributed by atoms with E-state index in [1.807, 2.05) is 30.3 Å². The molecule has 0 unspecified atom stereocenters. The van der Waals surface area contributed by atoms with Crippen molar-refractivity contribution < 1.29 is 18.8 Å². The molecule has 3 aromatic rings. The fourth-order valence-electron chi connectivity index (χ4n) is 3.80. The molecule has 1 saturated heterocycles. The van der Waals surface area contributed by atoms with Crippen LogP contribution in [-0.4, -0.2) is 58.3 Å². The first kappa shape index (κ1) is 22.3. The Kier molecular flexibility index (Phi) is 6.83. The third kappa shape index (κ3) is 5.46. The molecule has 7 nitrogen and oxygen atoms in total. The molecule has 1 N–H and O–H groups in total. The highest BCUT2D eigenvalue weighted by molar-refractivity contribution is 5.95. The zero-order chi connectivity index (χ0) is 23.2. The maximum Gasteiger partial charge on any atom is 0.270 e. The molecule has 8 heteroatoms. The molecule has 0 atom stereocenters. The van der Waals surface area contributed by atoms with E-state index in [0.717, 1.165) is 5.56 Å². The Hall–Kier alpha value is -3.94. The summed E-state index contributed by atoms with van der Waals surface area (Å²) in [4.78, 5) is 41.4. The number of carbonyl (C=O) groups excluding carboxylic acids is 3. The van der Waals surface area contributed by atoms with Gasteiger partial charge in [0.2, 0.25) is 5.91 Å². The first-order chi connectivity index (χ1) is 16.0. The lowest BCUT2D eigenvalue weighted by molar-refractivity contribution is -0.121. The third-order valence-electron chi connectivity index (χ3n) is 5.64. The number of amides is 3. The molecule has 3 amide bonds. The molecule has 1 fully saturated rings. The Labute approximate surface area is 191 Å². The van der Waals surface area contributed by atoms with Crippen molar-refractivity contribution in [1.82, 2.24) is 19.7 Å².